The van der Waals surface area contributed by atoms with Crippen molar-refractivity contribution in [1.82, 2.24) is 0 Å². The molecule has 0 aliphatic heterocycles. The highest BCUT2D eigenvalue weighted by molar-refractivity contribution is 5.93. The molecule has 10 heteroatoms. The molecule has 2 rings (SSSR count). The van der Waals surface area contributed by atoms with Crippen LogP contribution < -0.4 is 18.9 Å². The number of hydrogen-bond donors (Lipinski definition) is 0. The molecule has 0 atom stereocenters. The highest BCUT2D eigenvalue weighted by Gasteiger charge is 2.23. The van der Waals surface area contributed by atoms with Crippen LogP contribution in [0.4, 0.5) is 0 Å². The Morgan fingerprint density at radius 3 is 1.55 bits per heavy atom. The molecule has 0 saturated carbocycles. The summed E-state index contributed by atoms with van der Waals surface area (Å²) in [5.74, 6) is -0.131. The SMILES string of the molecule is CCCCC(OOC(=O)c1ccc(OC)cc1OC)OOC(=O)c1ccc(OC)cc1OC. The summed E-state index contributed by atoms with van der Waals surface area (Å²) in [6.45, 7) is 1.96. The summed E-state index contributed by atoms with van der Waals surface area (Å²) in [6, 6.07) is 9.17. The molecule has 10 nitrogen and oxygen atoms in total. The first-order valence-electron chi connectivity index (χ1n) is 10.2. The summed E-state index contributed by atoms with van der Waals surface area (Å²) in [5.41, 5.74) is 0.236. The molecule has 0 aromatic heterocycles. The molecule has 0 aliphatic rings. The average Bonchev–Trinajstić information content (AvgIpc) is 2.86. The maximum absolute atomic E-state index is 12.4. The molecule has 0 aliphatic carbocycles. The van der Waals surface area contributed by atoms with Crippen molar-refractivity contribution in [3.8, 4) is 23.0 Å². The Balaban J connectivity index is 2.02. The number of benzene rings is 2. The Bertz CT molecular complexity index is 856. The minimum Gasteiger partial charge on any atom is -0.497 e. The maximum atomic E-state index is 12.4. The predicted octanol–water partition coefficient (Wildman–Crippen LogP) is 4.11. The van der Waals surface area contributed by atoms with Gasteiger partial charge in [0.25, 0.3) is 0 Å². The molecule has 0 fully saturated rings. The largest absolute Gasteiger partial charge is 0.497 e. The summed E-state index contributed by atoms with van der Waals surface area (Å²) in [4.78, 5) is 44.9. The highest BCUT2D eigenvalue weighted by Crippen LogP contribution is 2.27. The molecule has 0 amide bonds. The standard InChI is InChI=1S/C23H28O10/c1-6-7-8-21(30-32-22(24)17-11-9-15(26-2)13-19(17)28-4)31-33-23(25)18-12-10-16(27-3)14-20(18)29-5/h9-14,21H,6-8H2,1-5H3. The van der Waals surface area contributed by atoms with E-state index in [9.17, 15) is 9.59 Å². The molecule has 0 unspecified atom stereocenters. The molecular formula is C23H28O10. The van der Waals surface area contributed by atoms with Gasteiger partial charge in [0, 0.05) is 18.6 Å². The van der Waals surface area contributed by atoms with E-state index in [4.69, 9.17) is 38.5 Å². The van der Waals surface area contributed by atoms with Gasteiger partial charge in [0.15, 0.2) is 0 Å². The van der Waals surface area contributed by atoms with Crippen molar-refractivity contribution in [3.05, 3.63) is 47.5 Å². The van der Waals surface area contributed by atoms with Gasteiger partial charge in [-0.15, -0.1) is 9.78 Å². The average molecular weight is 464 g/mol. The van der Waals surface area contributed by atoms with Crippen LogP contribution in [0.15, 0.2) is 36.4 Å². The van der Waals surface area contributed by atoms with E-state index in [0.717, 1.165) is 6.42 Å². The number of carbonyl (C=O) groups is 2. The fraction of sp³-hybridized carbons (Fsp3) is 0.391. The molecule has 0 bridgehead atoms. The van der Waals surface area contributed by atoms with Crippen LogP contribution in [-0.2, 0) is 19.6 Å². The second-order valence-electron chi connectivity index (χ2n) is 6.64. The van der Waals surface area contributed by atoms with Gasteiger partial charge in [0.2, 0.25) is 6.29 Å². The third kappa shape index (κ3) is 7.26. The van der Waals surface area contributed by atoms with Crippen molar-refractivity contribution in [3.63, 3.8) is 0 Å². The quantitative estimate of drug-likeness (QED) is 0.244. The number of rotatable bonds is 13. The van der Waals surface area contributed by atoms with Gasteiger partial charge in [-0.2, -0.15) is 0 Å². The van der Waals surface area contributed by atoms with E-state index in [1.165, 1.54) is 52.7 Å². The van der Waals surface area contributed by atoms with Crippen LogP contribution in [-0.4, -0.2) is 46.7 Å². The van der Waals surface area contributed by atoms with Gasteiger partial charge in [0.1, 0.15) is 34.1 Å². The van der Waals surface area contributed by atoms with Crippen molar-refractivity contribution < 1.29 is 48.1 Å². The lowest BCUT2D eigenvalue weighted by Crippen LogP contribution is -2.22. The normalized spacial score (nSPS) is 10.5. The Labute approximate surface area is 192 Å². The topological polar surface area (TPSA) is 108 Å². The first-order valence-corrected chi connectivity index (χ1v) is 10.2. The third-order valence-corrected chi connectivity index (χ3v) is 4.51. The lowest BCUT2D eigenvalue weighted by molar-refractivity contribution is -0.421. The predicted molar refractivity (Wildman–Crippen MR) is 115 cm³/mol. The first-order chi connectivity index (χ1) is 16.0. The van der Waals surface area contributed by atoms with Crippen LogP contribution in [0.1, 0.15) is 46.9 Å². The van der Waals surface area contributed by atoms with E-state index < -0.39 is 18.2 Å². The Morgan fingerprint density at radius 2 is 1.18 bits per heavy atom. The minimum atomic E-state index is -1.15. The summed E-state index contributed by atoms with van der Waals surface area (Å²) < 4.78 is 20.6. The zero-order valence-electron chi connectivity index (χ0n) is 19.2. The molecule has 0 saturated heterocycles. The van der Waals surface area contributed by atoms with Crippen LogP contribution in [0.2, 0.25) is 0 Å². The van der Waals surface area contributed by atoms with Crippen molar-refractivity contribution in [1.29, 1.82) is 0 Å². The van der Waals surface area contributed by atoms with Crippen molar-refractivity contribution in [2.45, 2.75) is 32.5 Å². The number of hydrogen-bond acceptors (Lipinski definition) is 10. The van der Waals surface area contributed by atoms with Gasteiger partial charge in [-0.3, -0.25) is 9.78 Å². The van der Waals surface area contributed by atoms with Gasteiger partial charge >= 0.3 is 11.9 Å². The highest BCUT2D eigenvalue weighted by atomic mass is 17.3. The first kappa shape index (κ1) is 25.8. The summed E-state index contributed by atoms with van der Waals surface area (Å²) in [7, 11) is 5.81. The molecule has 180 valence electrons. The Kier molecular flexibility index (Phi) is 10.3. The number of carbonyl (C=O) groups excluding carboxylic acids is 2. The molecule has 0 N–H and O–H groups in total. The Hall–Kier alpha value is -3.50. The van der Waals surface area contributed by atoms with Crippen LogP contribution >= 0.6 is 0 Å². The van der Waals surface area contributed by atoms with Crippen molar-refractivity contribution >= 4 is 11.9 Å². The fourth-order valence-corrected chi connectivity index (χ4v) is 2.70. The van der Waals surface area contributed by atoms with E-state index in [0.29, 0.717) is 24.3 Å². The van der Waals surface area contributed by atoms with Crippen LogP contribution in [0.5, 0.6) is 23.0 Å². The van der Waals surface area contributed by atoms with Crippen molar-refractivity contribution in [2.24, 2.45) is 0 Å². The van der Waals surface area contributed by atoms with Crippen molar-refractivity contribution in [2.75, 3.05) is 28.4 Å². The van der Waals surface area contributed by atoms with E-state index in [1.54, 1.807) is 12.1 Å². The molecule has 33 heavy (non-hydrogen) atoms. The number of ether oxygens (including phenoxy) is 4. The van der Waals surface area contributed by atoms with E-state index in [2.05, 4.69) is 0 Å². The Morgan fingerprint density at radius 1 is 0.727 bits per heavy atom. The molecule has 0 spiro atoms. The van der Waals surface area contributed by atoms with E-state index >= 15 is 0 Å². The van der Waals surface area contributed by atoms with E-state index in [1.807, 2.05) is 6.92 Å². The summed E-state index contributed by atoms with van der Waals surface area (Å²) in [5, 5.41) is 0. The molecule has 0 heterocycles. The second-order valence-corrected chi connectivity index (χ2v) is 6.64. The minimum absolute atomic E-state index is 0.118. The van der Waals surface area contributed by atoms with Gasteiger partial charge in [-0.1, -0.05) is 13.3 Å². The van der Waals surface area contributed by atoms with Gasteiger partial charge < -0.3 is 18.9 Å². The zero-order valence-corrected chi connectivity index (χ0v) is 19.2. The summed E-state index contributed by atoms with van der Waals surface area (Å²) in [6.07, 6.45) is 0.629. The molecule has 2 aromatic rings. The maximum Gasteiger partial charge on any atom is 0.376 e. The monoisotopic (exact) mass is 464 g/mol. The number of methoxy groups -OCH3 is 4. The summed E-state index contributed by atoms with van der Waals surface area (Å²) >= 11 is 0. The van der Waals surface area contributed by atoms with Crippen LogP contribution in [0.25, 0.3) is 0 Å². The fourth-order valence-electron chi connectivity index (χ4n) is 2.70. The van der Waals surface area contributed by atoms with Crippen LogP contribution in [0.3, 0.4) is 0 Å². The lowest BCUT2D eigenvalue weighted by Gasteiger charge is -2.16. The smallest absolute Gasteiger partial charge is 0.376 e. The van der Waals surface area contributed by atoms with Gasteiger partial charge in [0.05, 0.1) is 28.4 Å². The third-order valence-electron chi connectivity index (χ3n) is 4.51. The zero-order chi connectivity index (χ0) is 24.2. The van der Waals surface area contributed by atoms with Gasteiger partial charge in [-0.25, -0.2) is 9.59 Å². The van der Waals surface area contributed by atoms with Gasteiger partial charge in [-0.05, 0) is 30.7 Å². The molecule has 0 radical (unpaired) electrons. The van der Waals surface area contributed by atoms with Crippen LogP contribution in [0, 0.1) is 0 Å². The lowest BCUT2D eigenvalue weighted by atomic mass is 10.2. The molecule has 2 aromatic carbocycles. The second kappa shape index (κ2) is 13.1. The molecular weight excluding hydrogens is 436 g/mol. The number of unbranched alkanes of at least 4 members (excludes halogenated alkanes) is 1. The van der Waals surface area contributed by atoms with E-state index in [-0.39, 0.29) is 22.6 Å².